The van der Waals surface area contributed by atoms with Crippen LogP contribution >= 0.6 is 24.0 Å². The van der Waals surface area contributed by atoms with Crippen molar-refractivity contribution in [1.29, 1.82) is 0 Å². The van der Waals surface area contributed by atoms with Crippen molar-refractivity contribution in [1.82, 2.24) is 10.3 Å². The first-order valence-corrected chi connectivity index (χ1v) is 7.96. The van der Waals surface area contributed by atoms with Crippen molar-refractivity contribution in [3.8, 4) is 0 Å². The van der Waals surface area contributed by atoms with E-state index in [1.807, 2.05) is 36.0 Å². The normalized spacial score (nSPS) is 10.2. The van der Waals surface area contributed by atoms with Crippen molar-refractivity contribution >= 4 is 34.8 Å². The van der Waals surface area contributed by atoms with Crippen LogP contribution in [0.2, 0.25) is 0 Å². The molecule has 4 nitrogen and oxygen atoms in total. The lowest BCUT2D eigenvalue weighted by atomic mass is 10.4. The molecule has 6 heteroatoms. The Morgan fingerprint density at radius 3 is 3.05 bits per heavy atom. The lowest BCUT2D eigenvalue weighted by Gasteiger charge is -2.09. The van der Waals surface area contributed by atoms with E-state index in [1.165, 1.54) is 0 Å². The van der Waals surface area contributed by atoms with Crippen LogP contribution in [0.5, 0.6) is 0 Å². The largest absolute Gasteiger partial charge is 0.468 e. The van der Waals surface area contributed by atoms with Gasteiger partial charge in [0, 0.05) is 12.7 Å². The Labute approximate surface area is 128 Å². The first kappa shape index (κ1) is 14.9. The van der Waals surface area contributed by atoms with E-state index in [1.54, 1.807) is 18.7 Å². The summed E-state index contributed by atoms with van der Waals surface area (Å²) in [6.07, 6.45) is 6.24. The smallest absolute Gasteiger partial charge is 0.170 e. The molecule has 0 unspecified atom stereocenters. The van der Waals surface area contributed by atoms with Crippen molar-refractivity contribution in [3.63, 3.8) is 0 Å². The lowest BCUT2D eigenvalue weighted by Crippen LogP contribution is -2.29. The highest BCUT2D eigenvalue weighted by atomic mass is 32.2. The Bertz CT molecular complexity index is 502. The number of anilines is 1. The van der Waals surface area contributed by atoms with Gasteiger partial charge in [-0.15, -0.1) is 0 Å². The number of thioether (sulfide) groups is 1. The first-order chi connectivity index (χ1) is 9.84. The summed E-state index contributed by atoms with van der Waals surface area (Å²) in [6.45, 7) is 0.858. The summed E-state index contributed by atoms with van der Waals surface area (Å²) in [5, 5.41) is 6.91. The fraction of sp³-hybridized carbons (Fsp3) is 0.286. The van der Waals surface area contributed by atoms with Gasteiger partial charge >= 0.3 is 0 Å². The lowest BCUT2D eigenvalue weighted by molar-refractivity contribution is 0.530. The fourth-order valence-electron chi connectivity index (χ4n) is 1.56. The first-order valence-electron chi connectivity index (χ1n) is 6.39. The highest BCUT2D eigenvalue weighted by molar-refractivity contribution is 7.98. The van der Waals surface area contributed by atoms with Crippen LogP contribution in [0, 0.1) is 0 Å². The van der Waals surface area contributed by atoms with E-state index in [-0.39, 0.29) is 0 Å². The van der Waals surface area contributed by atoms with E-state index in [0.29, 0.717) is 5.11 Å². The van der Waals surface area contributed by atoms with Gasteiger partial charge in [-0.1, -0.05) is 0 Å². The molecule has 106 valence electrons. The minimum atomic E-state index is 0.633. The number of hydrogen-bond acceptors (Lipinski definition) is 4. The van der Waals surface area contributed by atoms with Gasteiger partial charge < -0.3 is 15.1 Å². The highest BCUT2D eigenvalue weighted by Crippen LogP contribution is 2.12. The van der Waals surface area contributed by atoms with Crippen LogP contribution in [-0.2, 0) is 5.75 Å². The van der Waals surface area contributed by atoms with Gasteiger partial charge in [0.2, 0.25) is 0 Å². The molecule has 0 aromatic carbocycles. The molecule has 0 spiro atoms. The number of pyridine rings is 1. The minimum absolute atomic E-state index is 0.633. The van der Waals surface area contributed by atoms with Crippen LogP contribution < -0.4 is 10.6 Å². The molecule has 2 N–H and O–H groups in total. The zero-order chi connectivity index (χ0) is 14.0. The van der Waals surface area contributed by atoms with E-state index >= 15 is 0 Å². The van der Waals surface area contributed by atoms with Gasteiger partial charge in [-0.3, -0.25) is 4.98 Å². The summed E-state index contributed by atoms with van der Waals surface area (Å²) < 4.78 is 5.27. The van der Waals surface area contributed by atoms with Gasteiger partial charge in [0.25, 0.3) is 0 Å². The molecule has 0 atom stereocenters. The monoisotopic (exact) mass is 307 g/mol. The molecule has 0 bridgehead atoms. The topological polar surface area (TPSA) is 50.1 Å². The second-order valence-electron chi connectivity index (χ2n) is 4.11. The summed E-state index contributed by atoms with van der Waals surface area (Å²) in [5.74, 6) is 3.02. The fourth-order valence-corrected chi connectivity index (χ4v) is 2.63. The van der Waals surface area contributed by atoms with Crippen LogP contribution in [0.4, 0.5) is 5.69 Å². The van der Waals surface area contributed by atoms with Crippen molar-refractivity contribution in [2.24, 2.45) is 0 Å². The van der Waals surface area contributed by atoms with Crippen LogP contribution in [0.15, 0.2) is 47.3 Å². The molecule has 0 fully saturated rings. The second kappa shape index (κ2) is 8.60. The van der Waals surface area contributed by atoms with Crippen molar-refractivity contribution in [3.05, 3.63) is 48.7 Å². The predicted octanol–water partition coefficient (Wildman–Crippen LogP) is 3.28. The van der Waals surface area contributed by atoms with E-state index in [9.17, 15) is 0 Å². The summed E-state index contributed by atoms with van der Waals surface area (Å²) in [7, 11) is 0. The number of hydrogen-bond donors (Lipinski definition) is 2. The Morgan fingerprint density at radius 2 is 2.30 bits per heavy atom. The van der Waals surface area contributed by atoms with E-state index in [2.05, 4.69) is 15.6 Å². The second-order valence-corrected chi connectivity index (χ2v) is 5.62. The van der Waals surface area contributed by atoms with Crippen LogP contribution in [0.25, 0.3) is 0 Å². The molecular formula is C14H17N3OS2. The van der Waals surface area contributed by atoms with Crippen LogP contribution in [0.3, 0.4) is 0 Å². The summed E-state index contributed by atoms with van der Waals surface area (Å²) in [4.78, 5) is 4.02. The van der Waals surface area contributed by atoms with Gasteiger partial charge in [-0.05, 0) is 48.7 Å². The maximum absolute atomic E-state index is 5.27. The number of thiocarbonyl (C=S) groups is 1. The number of nitrogens with one attached hydrogen (secondary N) is 2. The van der Waals surface area contributed by atoms with E-state index in [4.69, 9.17) is 16.6 Å². The van der Waals surface area contributed by atoms with Gasteiger partial charge in [0.15, 0.2) is 5.11 Å². The third-order valence-electron chi connectivity index (χ3n) is 2.49. The Balaban J connectivity index is 1.51. The van der Waals surface area contributed by atoms with Crippen LogP contribution in [-0.4, -0.2) is 22.4 Å². The Hall–Kier alpha value is -1.53. The molecule has 0 amide bonds. The average molecular weight is 307 g/mol. The minimum Gasteiger partial charge on any atom is -0.468 e. The van der Waals surface area contributed by atoms with E-state index < -0.39 is 0 Å². The molecule has 2 rings (SSSR count). The molecule has 0 aliphatic carbocycles. The predicted molar refractivity (Wildman–Crippen MR) is 87.9 cm³/mol. The van der Waals surface area contributed by atoms with Gasteiger partial charge in [0.05, 0.1) is 23.9 Å². The van der Waals surface area contributed by atoms with Gasteiger partial charge in [-0.25, -0.2) is 0 Å². The molecule has 0 aliphatic rings. The number of nitrogens with zero attached hydrogens (tertiary/aromatic N) is 1. The molecular weight excluding hydrogens is 290 g/mol. The summed E-state index contributed by atoms with van der Waals surface area (Å²) in [5.41, 5.74) is 0.900. The standard InChI is InChI=1S/C14H17N3OS2/c19-14(17-12-4-1-6-15-10-12)16-7-3-9-20-11-13-5-2-8-18-13/h1-2,4-6,8,10H,3,7,9,11H2,(H2,16,17,19). The average Bonchev–Trinajstić information content (AvgIpc) is 2.97. The molecule has 0 saturated heterocycles. The number of rotatable bonds is 7. The SMILES string of the molecule is S=C(NCCCSCc1ccco1)Nc1cccnc1. The Morgan fingerprint density at radius 1 is 1.35 bits per heavy atom. The maximum atomic E-state index is 5.27. The molecule has 2 aromatic heterocycles. The summed E-state index contributed by atoms with van der Waals surface area (Å²) >= 11 is 7.07. The Kier molecular flexibility index (Phi) is 6.40. The van der Waals surface area contributed by atoms with Crippen LogP contribution in [0.1, 0.15) is 12.2 Å². The van der Waals surface area contributed by atoms with Gasteiger partial charge in [-0.2, -0.15) is 11.8 Å². The quantitative estimate of drug-likeness (QED) is 0.605. The molecule has 0 saturated carbocycles. The highest BCUT2D eigenvalue weighted by Gasteiger charge is 1.98. The summed E-state index contributed by atoms with van der Waals surface area (Å²) in [6, 6.07) is 7.72. The molecule has 20 heavy (non-hydrogen) atoms. The third kappa shape index (κ3) is 5.63. The molecule has 0 radical (unpaired) electrons. The zero-order valence-corrected chi connectivity index (χ0v) is 12.7. The van der Waals surface area contributed by atoms with Crippen molar-refractivity contribution in [2.45, 2.75) is 12.2 Å². The molecule has 0 aliphatic heterocycles. The number of aromatic nitrogens is 1. The number of furan rings is 1. The maximum Gasteiger partial charge on any atom is 0.170 e. The van der Waals surface area contributed by atoms with Crippen molar-refractivity contribution in [2.75, 3.05) is 17.6 Å². The third-order valence-corrected chi connectivity index (χ3v) is 3.81. The molecule has 2 heterocycles. The zero-order valence-electron chi connectivity index (χ0n) is 11.0. The van der Waals surface area contributed by atoms with E-state index in [0.717, 1.165) is 35.9 Å². The molecule has 2 aromatic rings. The van der Waals surface area contributed by atoms with Crippen molar-refractivity contribution < 1.29 is 4.42 Å². The van der Waals surface area contributed by atoms with Gasteiger partial charge in [0.1, 0.15) is 5.76 Å².